The van der Waals surface area contributed by atoms with Gasteiger partial charge in [0.05, 0.1) is 6.61 Å². The summed E-state index contributed by atoms with van der Waals surface area (Å²) in [5.74, 6) is -1.42. The maximum atomic E-state index is 10.8. The Morgan fingerprint density at radius 3 is 2.08 bits per heavy atom. The predicted octanol–water partition coefficient (Wildman–Crippen LogP) is -1.25. The fraction of sp³-hybridized carbons (Fsp3) is 0.286. The number of rotatable bonds is 2. The van der Waals surface area contributed by atoms with Gasteiger partial charge in [0.25, 0.3) is 16.3 Å². The van der Waals surface area contributed by atoms with Gasteiger partial charge in [-0.1, -0.05) is 0 Å². The first-order valence-corrected chi connectivity index (χ1v) is 3.29. The first kappa shape index (κ1) is 8.45. The van der Waals surface area contributed by atoms with Gasteiger partial charge in [-0.2, -0.15) is 0 Å². The second kappa shape index (κ2) is 2.77. The van der Waals surface area contributed by atoms with E-state index in [4.69, 9.17) is 5.11 Å². The second-order valence-corrected chi connectivity index (χ2v) is 2.10. The summed E-state index contributed by atoms with van der Waals surface area (Å²) in [5, 5.41) is 8.89. The van der Waals surface area contributed by atoms with Gasteiger partial charge in [-0.25, -0.2) is 0 Å². The summed E-state index contributed by atoms with van der Waals surface area (Å²) in [6, 6.07) is 0. The van der Waals surface area contributed by atoms with E-state index in [0.29, 0.717) is 0 Å². The Bertz CT molecular complexity index is 424. The third-order valence-electron chi connectivity index (χ3n) is 1.34. The lowest BCUT2D eigenvalue weighted by Crippen LogP contribution is -2.29. The van der Waals surface area contributed by atoms with Crippen LogP contribution in [0, 0.1) is 0 Å². The zero-order chi connectivity index (χ0) is 9.30. The van der Waals surface area contributed by atoms with Crippen molar-refractivity contribution in [2.45, 2.75) is 6.92 Å². The molecule has 0 atom stereocenters. The van der Waals surface area contributed by atoms with Crippen molar-refractivity contribution in [1.29, 1.82) is 0 Å². The minimum atomic E-state index is -1.24. The zero-order valence-corrected chi connectivity index (χ0v) is 6.29. The molecule has 1 rings (SSSR count). The number of ether oxygens (including phenoxy) is 1. The molecular weight excluding hydrogens is 164 g/mol. The van der Waals surface area contributed by atoms with E-state index in [0.717, 1.165) is 0 Å². The van der Waals surface area contributed by atoms with Gasteiger partial charge >= 0.3 is 0 Å². The Balaban J connectivity index is 3.50. The minimum Gasteiger partial charge on any atom is -0.501 e. The van der Waals surface area contributed by atoms with Crippen LogP contribution in [0.2, 0.25) is 0 Å². The van der Waals surface area contributed by atoms with Crippen LogP contribution in [0.4, 0.5) is 0 Å². The molecule has 0 aliphatic heterocycles. The minimum absolute atomic E-state index is 0.117. The fourth-order valence-corrected chi connectivity index (χ4v) is 0.803. The molecule has 64 valence electrons. The molecule has 0 saturated carbocycles. The largest absolute Gasteiger partial charge is 0.501 e. The highest BCUT2D eigenvalue weighted by atomic mass is 16.5. The summed E-state index contributed by atoms with van der Waals surface area (Å²) >= 11 is 0. The van der Waals surface area contributed by atoms with E-state index >= 15 is 0 Å². The molecule has 0 bridgehead atoms. The molecule has 1 aromatic carbocycles. The van der Waals surface area contributed by atoms with Gasteiger partial charge in [0, 0.05) is 0 Å². The van der Waals surface area contributed by atoms with Gasteiger partial charge in [-0.15, -0.1) is 0 Å². The lowest BCUT2D eigenvalue weighted by atomic mass is 10.5. The summed E-state index contributed by atoms with van der Waals surface area (Å²) in [7, 11) is 0. The predicted molar refractivity (Wildman–Crippen MR) is 40.5 cm³/mol. The quantitative estimate of drug-likeness (QED) is 0.560. The summed E-state index contributed by atoms with van der Waals surface area (Å²) in [6.45, 7) is 1.69. The van der Waals surface area contributed by atoms with Crippen molar-refractivity contribution in [3.63, 3.8) is 0 Å². The van der Waals surface area contributed by atoms with Crippen LogP contribution >= 0.6 is 0 Å². The molecule has 0 saturated heterocycles. The SMILES string of the molecule is CCOc1c(O)c(=O)c(=O)c1=O. The first-order valence-electron chi connectivity index (χ1n) is 3.29. The number of hydrogen-bond acceptors (Lipinski definition) is 5. The Morgan fingerprint density at radius 1 is 1.17 bits per heavy atom. The maximum absolute atomic E-state index is 10.8. The van der Waals surface area contributed by atoms with Gasteiger partial charge in [0.2, 0.25) is 11.5 Å². The highest BCUT2D eigenvalue weighted by Gasteiger charge is 2.19. The van der Waals surface area contributed by atoms with E-state index in [1.165, 1.54) is 0 Å². The van der Waals surface area contributed by atoms with E-state index in [1.807, 2.05) is 0 Å². The molecule has 12 heavy (non-hydrogen) atoms. The number of hydrogen-bond donors (Lipinski definition) is 1. The van der Waals surface area contributed by atoms with Crippen LogP contribution in [0.5, 0.6) is 11.5 Å². The summed E-state index contributed by atoms with van der Waals surface area (Å²) in [6.07, 6.45) is 0. The van der Waals surface area contributed by atoms with Gasteiger partial charge in [0.1, 0.15) is 0 Å². The second-order valence-electron chi connectivity index (χ2n) is 2.10. The first-order chi connectivity index (χ1) is 5.59. The molecule has 1 aromatic rings. The lowest BCUT2D eigenvalue weighted by molar-refractivity contribution is 0.317. The van der Waals surface area contributed by atoms with E-state index in [1.54, 1.807) is 6.92 Å². The average molecular weight is 170 g/mol. The molecular formula is C7H6O5. The van der Waals surface area contributed by atoms with E-state index in [2.05, 4.69) is 4.74 Å². The smallest absolute Gasteiger partial charge is 0.280 e. The van der Waals surface area contributed by atoms with E-state index < -0.39 is 27.8 Å². The molecule has 5 heteroatoms. The third kappa shape index (κ3) is 0.990. The zero-order valence-electron chi connectivity index (χ0n) is 6.29. The molecule has 0 heterocycles. The molecule has 0 aliphatic rings. The maximum Gasteiger partial charge on any atom is 0.280 e. The Morgan fingerprint density at radius 2 is 1.75 bits per heavy atom. The van der Waals surface area contributed by atoms with Gasteiger partial charge in [0.15, 0.2) is 0 Å². The Kier molecular flexibility index (Phi) is 1.95. The van der Waals surface area contributed by atoms with Crippen LogP contribution in [-0.2, 0) is 0 Å². The van der Waals surface area contributed by atoms with Crippen LogP contribution < -0.4 is 21.0 Å². The van der Waals surface area contributed by atoms with Gasteiger partial charge < -0.3 is 9.84 Å². The highest BCUT2D eigenvalue weighted by Crippen LogP contribution is 2.13. The van der Waals surface area contributed by atoms with E-state index in [9.17, 15) is 14.4 Å². The topological polar surface area (TPSA) is 80.7 Å². The van der Waals surface area contributed by atoms with Crippen LogP contribution in [0.1, 0.15) is 6.92 Å². The van der Waals surface area contributed by atoms with Crippen LogP contribution in [0.25, 0.3) is 0 Å². The molecule has 0 radical (unpaired) electrons. The molecule has 0 amide bonds. The Labute approximate surface area is 66.5 Å². The van der Waals surface area contributed by atoms with Crippen molar-refractivity contribution < 1.29 is 9.84 Å². The van der Waals surface area contributed by atoms with Gasteiger partial charge in [-0.05, 0) is 6.92 Å². The highest BCUT2D eigenvalue weighted by molar-refractivity contribution is 5.40. The summed E-state index contributed by atoms with van der Waals surface area (Å²) in [4.78, 5) is 32.1. The van der Waals surface area contributed by atoms with Crippen molar-refractivity contribution in [2.75, 3.05) is 6.61 Å². The molecule has 0 aliphatic carbocycles. The average Bonchev–Trinajstić information content (AvgIpc) is 2.23. The number of aromatic hydroxyl groups is 1. The van der Waals surface area contributed by atoms with Crippen LogP contribution in [0.15, 0.2) is 14.4 Å². The van der Waals surface area contributed by atoms with Crippen LogP contribution in [-0.4, -0.2) is 11.7 Å². The molecule has 5 nitrogen and oxygen atoms in total. The third-order valence-corrected chi connectivity index (χ3v) is 1.34. The molecule has 0 spiro atoms. The van der Waals surface area contributed by atoms with Crippen molar-refractivity contribution in [3.8, 4) is 11.5 Å². The normalized spacial score (nSPS) is 10.1. The molecule has 0 unspecified atom stereocenters. The van der Waals surface area contributed by atoms with Crippen molar-refractivity contribution in [2.24, 2.45) is 0 Å². The van der Waals surface area contributed by atoms with Crippen molar-refractivity contribution in [1.82, 2.24) is 0 Å². The fourth-order valence-electron chi connectivity index (χ4n) is 0.803. The van der Waals surface area contributed by atoms with Gasteiger partial charge in [-0.3, -0.25) is 14.4 Å². The monoisotopic (exact) mass is 170 g/mol. The summed E-state index contributed by atoms with van der Waals surface area (Å²) < 4.78 is 4.61. The van der Waals surface area contributed by atoms with Crippen molar-refractivity contribution in [3.05, 3.63) is 30.7 Å². The summed E-state index contributed by atoms with van der Waals surface area (Å²) in [5.41, 5.74) is -3.50. The Hall–Kier alpha value is -1.65. The van der Waals surface area contributed by atoms with Crippen molar-refractivity contribution >= 4 is 0 Å². The van der Waals surface area contributed by atoms with Crippen LogP contribution in [0.3, 0.4) is 0 Å². The molecule has 1 N–H and O–H groups in total. The van der Waals surface area contributed by atoms with E-state index in [-0.39, 0.29) is 6.61 Å². The lowest BCUT2D eigenvalue weighted by Gasteiger charge is -1.95. The molecule has 0 fully saturated rings. The standard InChI is InChI=1S/C7H6O5/c1-2-12-7-5(10)3(8)4(9)6(7)11/h10H,2H2,1H3. The molecule has 0 aromatic heterocycles.